The van der Waals surface area contributed by atoms with E-state index in [2.05, 4.69) is 26.5 Å². The molecule has 2 heteroatoms. The van der Waals surface area contributed by atoms with Crippen LogP contribution in [-0.2, 0) is 9.47 Å². The standard InChI is InChI=1S/C23H24O2/c1-17(2)11-10-12-18(3)23-24-21(19-13-6-4-7-14-19)22(25-23)20-15-8-5-9-16-20/h4-9,11,13-16,23H,3,10,12H2,1-2H3. The lowest BCUT2D eigenvalue weighted by Crippen LogP contribution is -2.11. The molecule has 0 aromatic heterocycles. The number of rotatable bonds is 6. The van der Waals surface area contributed by atoms with E-state index in [0.717, 1.165) is 41.1 Å². The fraction of sp³-hybridized carbons (Fsp3) is 0.217. The van der Waals surface area contributed by atoms with Gasteiger partial charge in [0.2, 0.25) is 0 Å². The molecule has 1 heterocycles. The van der Waals surface area contributed by atoms with Crippen molar-refractivity contribution in [1.29, 1.82) is 0 Å². The summed E-state index contributed by atoms with van der Waals surface area (Å²) < 4.78 is 12.3. The van der Waals surface area contributed by atoms with Gasteiger partial charge >= 0.3 is 0 Å². The van der Waals surface area contributed by atoms with Gasteiger partial charge in [-0.15, -0.1) is 0 Å². The molecule has 1 aliphatic heterocycles. The summed E-state index contributed by atoms with van der Waals surface area (Å²) in [6, 6.07) is 20.2. The highest BCUT2D eigenvalue weighted by molar-refractivity contribution is 5.85. The third kappa shape index (κ3) is 4.21. The second-order valence-corrected chi connectivity index (χ2v) is 6.44. The van der Waals surface area contributed by atoms with Crippen LogP contribution in [0.2, 0.25) is 0 Å². The van der Waals surface area contributed by atoms with Crippen molar-refractivity contribution in [2.45, 2.75) is 33.0 Å². The molecular formula is C23H24O2. The molecule has 0 bridgehead atoms. The first-order valence-corrected chi connectivity index (χ1v) is 8.64. The van der Waals surface area contributed by atoms with E-state index in [4.69, 9.17) is 9.47 Å². The quantitative estimate of drug-likeness (QED) is 0.587. The molecule has 3 rings (SSSR count). The van der Waals surface area contributed by atoms with E-state index >= 15 is 0 Å². The lowest BCUT2D eigenvalue weighted by Gasteiger charge is -2.14. The average Bonchev–Trinajstić information content (AvgIpc) is 3.08. The highest BCUT2D eigenvalue weighted by atomic mass is 16.7. The van der Waals surface area contributed by atoms with Crippen molar-refractivity contribution in [2.24, 2.45) is 0 Å². The van der Waals surface area contributed by atoms with E-state index in [-0.39, 0.29) is 0 Å². The third-order valence-corrected chi connectivity index (χ3v) is 4.08. The molecule has 128 valence electrons. The smallest absolute Gasteiger partial charge is 0.263 e. The maximum Gasteiger partial charge on any atom is 0.263 e. The summed E-state index contributed by atoms with van der Waals surface area (Å²) in [5.41, 5.74) is 4.30. The number of hydrogen-bond acceptors (Lipinski definition) is 2. The summed E-state index contributed by atoms with van der Waals surface area (Å²) in [7, 11) is 0. The molecule has 0 fully saturated rings. The molecular weight excluding hydrogens is 308 g/mol. The van der Waals surface area contributed by atoms with Gasteiger partial charge in [-0.2, -0.15) is 0 Å². The zero-order valence-electron chi connectivity index (χ0n) is 14.9. The summed E-state index contributed by atoms with van der Waals surface area (Å²) in [4.78, 5) is 0. The van der Waals surface area contributed by atoms with Crippen LogP contribution in [0.1, 0.15) is 37.8 Å². The van der Waals surface area contributed by atoms with Gasteiger partial charge in [0, 0.05) is 16.7 Å². The van der Waals surface area contributed by atoms with E-state index in [1.165, 1.54) is 5.57 Å². The third-order valence-electron chi connectivity index (χ3n) is 4.08. The molecule has 0 saturated carbocycles. The van der Waals surface area contributed by atoms with Gasteiger partial charge in [0.1, 0.15) is 0 Å². The Morgan fingerprint density at radius 1 is 0.880 bits per heavy atom. The SMILES string of the molecule is C=C(CCC=C(C)C)C1OC(c2ccccc2)=C(c2ccccc2)O1. The average molecular weight is 332 g/mol. The molecule has 0 atom stereocenters. The molecule has 0 aliphatic carbocycles. The van der Waals surface area contributed by atoms with Crippen molar-refractivity contribution >= 4 is 11.5 Å². The maximum absolute atomic E-state index is 6.17. The van der Waals surface area contributed by atoms with Crippen LogP contribution in [0.4, 0.5) is 0 Å². The van der Waals surface area contributed by atoms with Crippen LogP contribution in [0.5, 0.6) is 0 Å². The first-order valence-electron chi connectivity index (χ1n) is 8.64. The van der Waals surface area contributed by atoms with Gasteiger partial charge in [-0.1, -0.05) is 78.9 Å². The summed E-state index contributed by atoms with van der Waals surface area (Å²) in [5.74, 6) is 1.56. The lowest BCUT2D eigenvalue weighted by atomic mass is 10.1. The Labute approximate surface area is 150 Å². The van der Waals surface area contributed by atoms with Crippen molar-refractivity contribution in [3.63, 3.8) is 0 Å². The Balaban J connectivity index is 1.83. The predicted octanol–water partition coefficient (Wildman–Crippen LogP) is 6.19. The molecule has 0 N–H and O–H groups in total. The summed E-state index contributed by atoms with van der Waals surface area (Å²) in [6.45, 7) is 8.39. The first kappa shape index (κ1) is 17.1. The van der Waals surface area contributed by atoms with Crippen molar-refractivity contribution < 1.29 is 9.47 Å². The summed E-state index contributed by atoms with van der Waals surface area (Å²) in [5, 5.41) is 0. The molecule has 25 heavy (non-hydrogen) atoms. The minimum Gasteiger partial charge on any atom is -0.446 e. The van der Waals surface area contributed by atoms with E-state index < -0.39 is 6.29 Å². The fourth-order valence-corrected chi connectivity index (χ4v) is 2.75. The normalized spacial score (nSPS) is 14.0. The molecule has 1 aliphatic rings. The predicted molar refractivity (Wildman–Crippen MR) is 103 cm³/mol. The van der Waals surface area contributed by atoms with Gasteiger partial charge in [0.25, 0.3) is 6.29 Å². The van der Waals surface area contributed by atoms with E-state index in [9.17, 15) is 0 Å². The van der Waals surface area contributed by atoms with Gasteiger partial charge in [-0.25, -0.2) is 0 Å². The van der Waals surface area contributed by atoms with Crippen LogP contribution in [-0.4, -0.2) is 6.29 Å². The van der Waals surface area contributed by atoms with Gasteiger partial charge in [-0.05, 0) is 26.7 Å². The highest BCUT2D eigenvalue weighted by Gasteiger charge is 2.30. The Hall–Kier alpha value is -2.74. The van der Waals surface area contributed by atoms with Crippen LogP contribution >= 0.6 is 0 Å². The number of ether oxygens (including phenoxy) is 2. The fourth-order valence-electron chi connectivity index (χ4n) is 2.75. The zero-order valence-corrected chi connectivity index (χ0v) is 14.9. The second-order valence-electron chi connectivity index (χ2n) is 6.44. The largest absolute Gasteiger partial charge is 0.446 e. The van der Waals surface area contributed by atoms with Crippen LogP contribution < -0.4 is 0 Å². The van der Waals surface area contributed by atoms with Gasteiger partial charge < -0.3 is 9.47 Å². The van der Waals surface area contributed by atoms with Crippen molar-refractivity contribution in [3.8, 4) is 0 Å². The minimum atomic E-state index is -0.434. The molecule has 0 amide bonds. The molecule has 0 saturated heterocycles. The molecule has 0 unspecified atom stereocenters. The van der Waals surface area contributed by atoms with E-state index in [0.29, 0.717) is 0 Å². The highest BCUT2D eigenvalue weighted by Crippen LogP contribution is 2.38. The Kier molecular flexibility index (Phi) is 5.39. The Bertz CT molecular complexity index is 730. The van der Waals surface area contributed by atoms with Crippen LogP contribution in [0.25, 0.3) is 11.5 Å². The van der Waals surface area contributed by atoms with Crippen LogP contribution in [0.3, 0.4) is 0 Å². The molecule has 2 aromatic carbocycles. The number of hydrogen-bond donors (Lipinski definition) is 0. The van der Waals surface area contributed by atoms with Gasteiger partial charge in [0.05, 0.1) is 0 Å². The van der Waals surface area contributed by atoms with E-state index in [1.807, 2.05) is 60.7 Å². The molecule has 0 spiro atoms. The first-order chi connectivity index (χ1) is 12.1. The van der Waals surface area contributed by atoms with Gasteiger partial charge in [-0.3, -0.25) is 0 Å². The molecule has 2 nitrogen and oxygen atoms in total. The second kappa shape index (κ2) is 7.89. The van der Waals surface area contributed by atoms with Crippen molar-refractivity contribution in [3.05, 3.63) is 95.6 Å². The zero-order chi connectivity index (χ0) is 17.6. The summed E-state index contributed by atoms with van der Waals surface area (Å²) >= 11 is 0. The van der Waals surface area contributed by atoms with Crippen molar-refractivity contribution in [1.82, 2.24) is 0 Å². The topological polar surface area (TPSA) is 18.5 Å². The maximum atomic E-state index is 6.17. The van der Waals surface area contributed by atoms with Gasteiger partial charge in [0.15, 0.2) is 11.5 Å². The summed E-state index contributed by atoms with van der Waals surface area (Å²) in [6.07, 6.45) is 3.58. The number of benzene rings is 2. The van der Waals surface area contributed by atoms with E-state index in [1.54, 1.807) is 0 Å². The molecule has 2 aromatic rings. The van der Waals surface area contributed by atoms with Crippen molar-refractivity contribution in [2.75, 3.05) is 0 Å². The minimum absolute atomic E-state index is 0.434. The number of allylic oxidation sites excluding steroid dienone is 2. The van der Waals surface area contributed by atoms with Crippen LogP contribution in [0.15, 0.2) is 84.5 Å². The Morgan fingerprint density at radius 3 is 1.80 bits per heavy atom. The monoisotopic (exact) mass is 332 g/mol. The lowest BCUT2D eigenvalue weighted by molar-refractivity contribution is 0.0233. The van der Waals surface area contributed by atoms with Crippen LogP contribution in [0, 0.1) is 0 Å². The molecule has 0 radical (unpaired) electrons. The Morgan fingerprint density at radius 2 is 1.36 bits per heavy atom.